The molecule has 0 fully saturated rings. The maximum Gasteiger partial charge on any atom is 0.224 e. The summed E-state index contributed by atoms with van der Waals surface area (Å²) in [7, 11) is 0. The molecule has 18 heavy (non-hydrogen) atoms. The van der Waals surface area contributed by atoms with Crippen molar-refractivity contribution in [1.82, 2.24) is 0 Å². The summed E-state index contributed by atoms with van der Waals surface area (Å²) in [4.78, 5) is 11.6. The molecule has 2 rings (SSSR count). The molecule has 3 N–H and O–H groups in total. The summed E-state index contributed by atoms with van der Waals surface area (Å²) in [6.07, 6.45) is 2.30. The highest BCUT2D eigenvalue weighted by Gasteiger charge is 2.07. The summed E-state index contributed by atoms with van der Waals surface area (Å²) in [6.45, 7) is 0. The number of nitrogen functional groups attached to an aromatic ring is 1. The molecule has 0 aliphatic heterocycles. The van der Waals surface area contributed by atoms with Crippen molar-refractivity contribution in [2.24, 2.45) is 0 Å². The first-order valence-corrected chi connectivity index (χ1v) is 5.52. The molecule has 4 nitrogen and oxygen atoms in total. The lowest BCUT2D eigenvalue weighted by molar-refractivity contribution is -0.116. The summed E-state index contributed by atoms with van der Waals surface area (Å²) in [6, 6.07) is 7.41. The van der Waals surface area contributed by atoms with Gasteiger partial charge in [-0.05, 0) is 30.3 Å². The maximum atomic E-state index is 13.0. The molecule has 94 valence electrons. The van der Waals surface area contributed by atoms with E-state index in [1.165, 1.54) is 18.2 Å². The average Bonchev–Trinajstić information content (AvgIpc) is 2.84. The standard InChI is InChI=1S/C13H13FN2O2/c14-9-3-5-11(15)12(8-9)16-13(17)6-4-10-2-1-7-18-10/h1-3,5,7-8H,4,6,15H2,(H,16,17). The Morgan fingerprint density at radius 1 is 1.39 bits per heavy atom. The van der Waals surface area contributed by atoms with Crippen LogP contribution in [-0.2, 0) is 11.2 Å². The molecule has 0 bridgehead atoms. The molecule has 0 aliphatic carbocycles. The Bertz CT molecular complexity index is 538. The highest BCUT2D eigenvalue weighted by atomic mass is 19.1. The third-order valence-corrected chi connectivity index (χ3v) is 2.47. The van der Waals surface area contributed by atoms with Gasteiger partial charge in [-0.1, -0.05) is 0 Å². The molecule has 1 aromatic heterocycles. The van der Waals surface area contributed by atoms with Crippen LogP contribution in [0.25, 0.3) is 0 Å². The quantitative estimate of drug-likeness (QED) is 0.817. The first-order valence-electron chi connectivity index (χ1n) is 5.52. The molecular weight excluding hydrogens is 235 g/mol. The summed E-state index contributed by atoms with van der Waals surface area (Å²) in [5, 5.41) is 2.57. The van der Waals surface area contributed by atoms with Crippen LogP contribution in [0.4, 0.5) is 15.8 Å². The van der Waals surface area contributed by atoms with Crippen molar-refractivity contribution >= 4 is 17.3 Å². The van der Waals surface area contributed by atoms with E-state index in [-0.39, 0.29) is 12.3 Å². The molecule has 5 heteroatoms. The fourth-order valence-corrected chi connectivity index (χ4v) is 1.54. The van der Waals surface area contributed by atoms with Crippen LogP contribution in [0, 0.1) is 5.82 Å². The molecule has 0 unspecified atom stereocenters. The lowest BCUT2D eigenvalue weighted by atomic mass is 10.2. The van der Waals surface area contributed by atoms with E-state index in [0.29, 0.717) is 17.8 Å². The Labute approximate surface area is 104 Å². The lowest BCUT2D eigenvalue weighted by Gasteiger charge is -2.07. The Morgan fingerprint density at radius 2 is 2.22 bits per heavy atom. The van der Waals surface area contributed by atoms with Crippen molar-refractivity contribution in [3.05, 3.63) is 48.2 Å². The second-order valence-corrected chi connectivity index (χ2v) is 3.86. The van der Waals surface area contributed by atoms with E-state index in [2.05, 4.69) is 5.32 Å². The van der Waals surface area contributed by atoms with Crippen LogP contribution in [-0.4, -0.2) is 5.91 Å². The highest BCUT2D eigenvalue weighted by Crippen LogP contribution is 2.19. The molecule has 1 heterocycles. The molecule has 0 saturated carbocycles. The zero-order valence-corrected chi connectivity index (χ0v) is 9.65. The van der Waals surface area contributed by atoms with Gasteiger partial charge in [-0.2, -0.15) is 0 Å². The van der Waals surface area contributed by atoms with Crippen molar-refractivity contribution in [3.8, 4) is 0 Å². The number of aryl methyl sites for hydroxylation is 1. The van der Waals surface area contributed by atoms with Gasteiger partial charge in [0.2, 0.25) is 5.91 Å². The van der Waals surface area contributed by atoms with Crippen LogP contribution < -0.4 is 11.1 Å². The fourth-order valence-electron chi connectivity index (χ4n) is 1.54. The van der Waals surface area contributed by atoms with Gasteiger partial charge >= 0.3 is 0 Å². The summed E-state index contributed by atoms with van der Waals surface area (Å²) in [5.74, 6) is 0.0617. The number of rotatable bonds is 4. The van der Waals surface area contributed by atoms with Gasteiger partial charge in [0.15, 0.2) is 0 Å². The summed E-state index contributed by atoms with van der Waals surface area (Å²) < 4.78 is 18.1. The van der Waals surface area contributed by atoms with Crippen LogP contribution in [0.2, 0.25) is 0 Å². The smallest absolute Gasteiger partial charge is 0.224 e. The third kappa shape index (κ3) is 3.10. The number of furan rings is 1. The van der Waals surface area contributed by atoms with Gasteiger partial charge in [0, 0.05) is 12.8 Å². The van der Waals surface area contributed by atoms with Crippen LogP contribution in [0.5, 0.6) is 0 Å². The molecule has 0 saturated heterocycles. The number of benzene rings is 1. The van der Waals surface area contributed by atoms with Gasteiger partial charge in [-0.25, -0.2) is 4.39 Å². The van der Waals surface area contributed by atoms with Gasteiger partial charge in [0.1, 0.15) is 11.6 Å². The first kappa shape index (κ1) is 12.2. The first-order chi connectivity index (χ1) is 8.65. The number of hydrogen-bond donors (Lipinski definition) is 2. The molecule has 0 radical (unpaired) electrons. The van der Waals surface area contributed by atoms with E-state index in [1.54, 1.807) is 18.4 Å². The molecule has 0 spiro atoms. The largest absolute Gasteiger partial charge is 0.469 e. The number of hydrogen-bond acceptors (Lipinski definition) is 3. The SMILES string of the molecule is Nc1ccc(F)cc1NC(=O)CCc1ccco1. The lowest BCUT2D eigenvalue weighted by Crippen LogP contribution is -2.13. The highest BCUT2D eigenvalue weighted by molar-refractivity contribution is 5.93. The average molecular weight is 248 g/mol. The van der Waals surface area contributed by atoms with Crippen LogP contribution in [0.15, 0.2) is 41.0 Å². The zero-order chi connectivity index (χ0) is 13.0. The van der Waals surface area contributed by atoms with E-state index in [4.69, 9.17) is 10.2 Å². The van der Waals surface area contributed by atoms with Gasteiger partial charge in [0.25, 0.3) is 0 Å². The Balaban J connectivity index is 1.92. The van der Waals surface area contributed by atoms with Gasteiger partial charge < -0.3 is 15.5 Å². The van der Waals surface area contributed by atoms with Crippen LogP contribution in [0.1, 0.15) is 12.2 Å². The molecule has 2 aromatic rings. The number of anilines is 2. The molecule has 1 aromatic carbocycles. The number of amides is 1. The minimum atomic E-state index is -0.439. The summed E-state index contributed by atoms with van der Waals surface area (Å²) in [5.41, 5.74) is 6.26. The third-order valence-electron chi connectivity index (χ3n) is 2.47. The Kier molecular flexibility index (Phi) is 3.62. The Hall–Kier alpha value is -2.30. The Morgan fingerprint density at radius 3 is 2.94 bits per heavy atom. The normalized spacial score (nSPS) is 10.3. The van der Waals surface area contributed by atoms with E-state index in [1.807, 2.05) is 0 Å². The van der Waals surface area contributed by atoms with Gasteiger partial charge in [-0.3, -0.25) is 4.79 Å². The second-order valence-electron chi connectivity index (χ2n) is 3.86. The van der Waals surface area contributed by atoms with Crippen molar-refractivity contribution in [2.45, 2.75) is 12.8 Å². The topological polar surface area (TPSA) is 68.3 Å². The summed E-state index contributed by atoms with van der Waals surface area (Å²) >= 11 is 0. The number of nitrogens with two attached hydrogens (primary N) is 1. The van der Waals surface area contributed by atoms with Gasteiger partial charge in [-0.15, -0.1) is 0 Å². The molecule has 0 atom stereocenters. The van der Waals surface area contributed by atoms with Crippen molar-refractivity contribution < 1.29 is 13.6 Å². The number of halogens is 1. The number of carbonyl (C=O) groups excluding carboxylic acids is 1. The van der Waals surface area contributed by atoms with Crippen molar-refractivity contribution in [2.75, 3.05) is 11.1 Å². The number of carbonyl (C=O) groups is 1. The van der Waals surface area contributed by atoms with Crippen LogP contribution >= 0.6 is 0 Å². The van der Waals surface area contributed by atoms with Crippen LogP contribution in [0.3, 0.4) is 0 Å². The fraction of sp³-hybridized carbons (Fsp3) is 0.154. The monoisotopic (exact) mass is 248 g/mol. The van der Waals surface area contributed by atoms with E-state index < -0.39 is 5.82 Å². The van der Waals surface area contributed by atoms with Crippen molar-refractivity contribution in [1.29, 1.82) is 0 Å². The predicted octanol–water partition coefficient (Wildman–Crippen LogP) is 2.57. The molecule has 1 amide bonds. The van der Waals surface area contributed by atoms with E-state index >= 15 is 0 Å². The molecule has 0 aliphatic rings. The van der Waals surface area contributed by atoms with Crippen molar-refractivity contribution in [3.63, 3.8) is 0 Å². The minimum Gasteiger partial charge on any atom is -0.469 e. The number of nitrogens with one attached hydrogen (secondary N) is 1. The maximum absolute atomic E-state index is 13.0. The van der Waals surface area contributed by atoms with E-state index in [0.717, 1.165) is 5.76 Å². The minimum absolute atomic E-state index is 0.233. The second kappa shape index (κ2) is 5.35. The zero-order valence-electron chi connectivity index (χ0n) is 9.65. The van der Waals surface area contributed by atoms with Gasteiger partial charge in [0.05, 0.1) is 17.6 Å². The molecular formula is C13H13FN2O2. The van der Waals surface area contributed by atoms with E-state index in [9.17, 15) is 9.18 Å². The predicted molar refractivity (Wildman–Crippen MR) is 66.5 cm³/mol.